The van der Waals surface area contributed by atoms with Crippen molar-refractivity contribution in [2.45, 2.75) is 38.1 Å². The van der Waals surface area contributed by atoms with E-state index in [-0.39, 0.29) is 18.0 Å². The Morgan fingerprint density at radius 1 is 1.50 bits per heavy atom. The Balaban J connectivity index is 2.34. The van der Waals surface area contributed by atoms with Gasteiger partial charge < -0.3 is 4.74 Å². The van der Waals surface area contributed by atoms with Crippen molar-refractivity contribution in [2.24, 2.45) is 0 Å². The molecule has 0 aromatic carbocycles. The summed E-state index contributed by atoms with van der Waals surface area (Å²) in [6.07, 6.45) is 0.314. The van der Waals surface area contributed by atoms with Gasteiger partial charge in [0.25, 0.3) is 10.1 Å². The van der Waals surface area contributed by atoms with E-state index in [4.69, 9.17) is 8.92 Å². The van der Waals surface area contributed by atoms with Gasteiger partial charge in [-0.3, -0.25) is 4.18 Å². The molecule has 70 valence electrons. The molecule has 2 saturated heterocycles. The molecule has 2 aliphatic heterocycles. The highest BCUT2D eigenvalue weighted by Crippen LogP contribution is 2.38. The van der Waals surface area contributed by atoms with Gasteiger partial charge in [-0.1, -0.05) is 0 Å². The van der Waals surface area contributed by atoms with Crippen molar-refractivity contribution < 1.29 is 17.3 Å². The Bertz CT molecular complexity index is 293. The second kappa shape index (κ2) is 2.21. The molecule has 0 amide bonds. The van der Waals surface area contributed by atoms with E-state index >= 15 is 0 Å². The Kier molecular flexibility index (Phi) is 1.56. The Morgan fingerprint density at radius 2 is 2.17 bits per heavy atom. The molecule has 2 rings (SSSR count). The Hall–Kier alpha value is -0.130. The van der Waals surface area contributed by atoms with Crippen molar-refractivity contribution in [1.29, 1.82) is 0 Å². The monoisotopic (exact) mass is 192 g/mol. The lowest BCUT2D eigenvalue weighted by Crippen LogP contribution is -2.39. The molecule has 0 N–H and O–H groups in total. The van der Waals surface area contributed by atoms with Crippen LogP contribution in [0.2, 0.25) is 0 Å². The molecule has 5 heteroatoms. The van der Waals surface area contributed by atoms with Crippen LogP contribution in [0.15, 0.2) is 0 Å². The maximum Gasteiger partial charge on any atom is 0.270 e. The van der Waals surface area contributed by atoms with Crippen LogP contribution in [-0.4, -0.2) is 32.0 Å². The van der Waals surface area contributed by atoms with Gasteiger partial charge in [0.2, 0.25) is 0 Å². The molecule has 3 atom stereocenters. The lowest BCUT2D eigenvalue weighted by molar-refractivity contribution is -0.00770. The van der Waals surface area contributed by atoms with Crippen LogP contribution in [0, 0.1) is 0 Å². The molecule has 2 fully saturated rings. The van der Waals surface area contributed by atoms with E-state index in [1.54, 1.807) is 0 Å². The molecule has 0 saturated carbocycles. The molecule has 0 aromatic heterocycles. The molecule has 4 nitrogen and oxygen atoms in total. The van der Waals surface area contributed by atoms with Gasteiger partial charge in [0.05, 0.1) is 11.7 Å². The van der Waals surface area contributed by atoms with Crippen LogP contribution in [0.5, 0.6) is 0 Å². The van der Waals surface area contributed by atoms with Crippen LogP contribution >= 0.6 is 0 Å². The van der Waals surface area contributed by atoms with Crippen molar-refractivity contribution in [1.82, 2.24) is 0 Å². The summed E-state index contributed by atoms with van der Waals surface area (Å²) in [5.74, 6) is -0.0131. The summed E-state index contributed by atoms with van der Waals surface area (Å²) >= 11 is 0. The third-order valence-electron chi connectivity index (χ3n) is 2.38. The van der Waals surface area contributed by atoms with Crippen molar-refractivity contribution >= 4 is 10.1 Å². The highest BCUT2D eigenvalue weighted by atomic mass is 32.2. The number of rotatable bonds is 0. The normalized spacial score (nSPS) is 50.8. The van der Waals surface area contributed by atoms with E-state index in [0.29, 0.717) is 6.42 Å². The van der Waals surface area contributed by atoms with Crippen molar-refractivity contribution in [3.05, 3.63) is 0 Å². The minimum Gasteiger partial charge on any atom is -0.368 e. The van der Waals surface area contributed by atoms with Gasteiger partial charge >= 0.3 is 0 Å². The van der Waals surface area contributed by atoms with E-state index in [0.717, 1.165) is 0 Å². The first-order chi connectivity index (χ1) is 5.40. The minimum atomic E-state index is -3.33. The van der Waals surface area contributed by atoms with Crippen molar-refractivity contribution in [3.8, 4) is 0 Å². The van der Waals surface area contributed by atoms with E-state index < -0.39 is 15.7 Å². The largest absolute Gasteiger partial charge is 0.368 e. The fraction of sp³-hybridized carbons (Fsp3) is 1.00. The number of ether oxygens (including phenoxy) is 1. The number of hydrogen-bond acceptors (Lipinski definition) is 4. The highest BCUT2D eigenvalue weighted by Gasteiger charge is 2.51. The van der Waals surface area contributed by atoms with Gasteiger partial charge in [0, 0.05) is 6.42 Å². The zero-order valence-corrected chi connectivity index (χ0v) is 7.93. The third-order valence-corrected chi connectivity index (χ3v) is 3.88. The second-order valence-electron chi connectivity index (χ2n) is 3.81. The average Bonchev–Trinajstić information content (AvgIpc) is 1.99. The molecule has 12 heavy (non-hydrogen) atoms. The minimum absolute atomic E-state index is 0.0131. The Morgan fingerprint density at radius 3 is 2.75 bits per heavy atom. The topological polar surface area (TPSA) is 52.6 Å². The van der Waals surface area contributed by atoms with Crippen LogP contribution in [0.1, 0.15) is 20.3 Å². The van der Waals surface area contributed by atoms with E-state index in [1.807, 2.05) is 13.8 Å². The molecule has 0 aliphatic carbocycles. The standard InChI is InChI=1S/C7H12O4S/c1-5-6-3-7(2,10-5)4-12(8,9)11-6/h5-6H,3-4H2,1-2H3. The smallest absolute Gasteiger partial charge is 0.270 e. The second-order valence-corrected chi connectivity index (χ2v) is 5.41. The molecule has 0 aromatic rings. The summed E-state index contributed by atoms with van der Waals surface area (Å²) in [7, 11) is -3.33. The average molecular weight is 192 g/mol. The van der Waals surface area contributed by atoms with Crippen LogP contribution in [0.25, 0.3) is 0 Å². The van der Waals surface area contributed by atoms with E-state index in [9.17, 15) is 8.42 Å². The summed E-state index contributed by atoms with van der Waals surface area (Å²) in [5.41, 5.74) is -0.513. The predicted molar refractivity (Wildman–Crippen MR) is 42.2 cm³/mol. The SMILES string of the molecule is CC1OC2(C)CC1OS(=O)(=O)C2. The van der Waals surface area contributed by atoms with Gasteiger partial charge in [0.15, 0.2) is 0 Å². The van der Waals surface area contributed by atoms with Crippen molar-refractivity contribution in [2.75, 3.05) is 5.75 Å². The van der Waals surface area contributed by atoms with Gasteiger partial charge in [-0.25, -0.2) is 0 Å². The highest BCUT2D eigenvalue weighted by molar-refractivity contribution is 7.86. The van der Waals surface area contributed by atoms with E-state index in [2.05, 4.69) is 0 Å². The van der Waals surface area contributed by atoms with Crippen LogP contribution < -0.4 is 0 Å². The van der Waals surface area contributed by atoms with Crippen LogP contribution in [0.4, 0.5) is 0 Å². The lowest BCUT2D eigenvalue weighted by Gasteiger charge is -2.25. The third kappa shape index (κ3) is 1.26. The lowest BCUT2D eigenvalue weighted by atomic mass is 10.0. The van der Waals surface area contributed by atoms with Gasteiger partial charge in [-0.2, -0.15) is 8.42 Å². The first kappa shape index (κ1) is 8.47. The molecule has 0 spiro atoms. The summed E-state index contributed by atoms with van der Waals surface area (Å²) < 4.78 is 32.7. The molecule has 2 heterocycles. The van der Waals surface area contributed by atoms with Crippen LogP contribution in [-0.2, 0) is 19.0 Å². The van der Waals surface area contributed by atoms with Crippen molar-refractivity contribution in [3.63, 3.8) is 0 Å². The summed E-state index contributed by atoms with van der Waals surface area (Å²) in [4.78, 5) is 0. The van der Waals surface area contributed by atoms with E-state index in [1.165, 1.54) is 0 Å². The zero-order valence-electron chi connectivity index (χ0n) is 7.11. The first-order valence-corrected chi connectivity index (χ1v) is 5.57. The maximum absolute atomic E-state index is 11.2. The molecular weight excluding hydrogens is 180 g/mol. The number of fused-ring (bicyclic) bond motifs is 2. The molecule has 2 aliphatic rings. The predicted octanol–water partition coefficient (Wildman–Crippen LogP) is 0.282. The summed E-state index contributed by atoms with van der Waals surface area (Å²) in [6, 6.07) is 0. The maximum atomic E-state index is 11.2. The summed E-state index contributed by atoms with van der Waals surface area (Å²) in [6.45, 7) is 3.67. The van der Waals surface area contributed by atoms with Gasteiger partial charge in [-0.15, -0.1) is 0 Å². The molecule has 2 bridgehead atoms. The zero-order chi connectivity index (χ0) is 8.98. The van der Waals surface area contributed by atoms with Crippen LogP contribution in [0.3, 0.4) is 0 Å². The Labute approximate surface area is 72.0 Å². The number of hydrogen-bond donors (Lipinski definition) is 0. The fourth-order valence-electron chi connectivity index (χ4n) is 1.97. The molecule has 3 unspecified atom stereocenters. The first-order valence-electron chi connectivity index (χ1n) is 3.99. The summed E-state index contributed by atoms with van der Waals surface area (Å²) in [5, 5.41) is 0. The van der Waals surface area contributed by atoms with Gasteiger partial charge in [0.1, 0.15) is 11.9 Å². The van der Waals surface area contributed by atoms with Gasteiger partial charge in [-0.05, 0) is 13.8 Å². The fourth-order valence-corrected chi connectivity index (χ4v) is 3.57. The molecule has 0 radical (unpaired) electrons. The molecular formula is C7H12O4S. The quantitative estimate of drug-likeness (QED) is 0.517.